The van der Waals surface area contributed by atoms with Crippen molar-refractivity contribution in [3.63, 3.8) is 0 Å². The van der Waals surface area contributed by atoms with Crippen LogP contribution in [0.15, 0.2) is 41.8 Å². The first-order chi connectivity index (χ1) is 10.1. The van der Waals surface area contributed by atoms with E-state index in [0.717, 1.165) is 10.4 Å². The van der Waals surface area contributed by atoms with Crippen molar-refractivity contribution in [2.24, 2.45) is 0 Å². The number of benzene rings is 1. The van der Waals surface area contributed by atoms with Crippen LogP contribution in [0.2, 0.25) is 5.02 Å². The number of carbonyl (C=O) groups is 1. The Morgan fingerprint density at radius 2 is 2.10 bits per heavy atom. The van der Waals surface area contributed by atoms with E-state index < -0.39 is 0 Å². The Balaban J connectivity index is 1.85. The molecule has 0 unspecified atom stereocenters. The lowest BCUT2D eigenvalue weighted by Gasteiger charge is -2.20. The van der Waals surface area contributed by atoms with Crippen LogP contribution in [0.3, 0.4) is 0 Å². The van der Waals surface area contributed by atoms with Gasteiger partial charge in [-0.05, 0) is 43.0 Å². The van der Waals surface area contributed by atoms with Gasteiger partial charge in [0.1, 0.15) is 0 Å². The molecule has 0 aliphatic carbocycles. The molecule has 112 valence electrons. The molecule has 0 radical (unpaired) electrons. The smallest absolute Gasteiger partial charge is 0.237 e. The van der Waals surface area contributed by atoms with Gasteiger partial charge in [0.2, 0.25) is 5.91 Å². The second-order valence-corrected chi connectivity index (χ2v) is 6.43. The quantitative estimate of drug-likeness (QED) is 0.850. The number of halogens is 1. The normalized spacial score (nSPS) is 13.7. The van der Waals surface area contributed by atoms with E-state index in [2.05, 4.69) is 10.6 Å². The van der Waals surface area contributed by atoms with Gasteiger partial charge in [-0.3, -0.25) is 10.1 Å². The monoisotopic (exact) mass is 322 g/mol. The van der Waals surface area contributed by atoms with Crippen molar-refractivity contribution in [3.05, 3.63) is 57.2 Å². The Morgan fingerprint density at radius 1 is 1.29 bits per heavy atom. The number of rotatable bonds is 6. The topological polar surface area (TPSA) is 41.1 Å². The molecule has 2 N–H and O–H groups in total. The maximum Gasteiger partial charge on any atom is 0.237 e. The predicted octanol–water partition coefficient (Wildman–Crippen LogP) is 3.76. The average Bonchev–Trinajstić information content (AvgIpc) is 2.97. The number of nitrogens with one attached hydrogen (secondary N) is 2. The number of amides is 1. The zero-order chi connectivity index (χ0) is 15.2. The van der Waals surface area contributed by atoms with Crippen molar-refractivity contribution in [2.75, 3.05) is 0 Å². The van der Waals surface area contributed by atoms with Gasteiger partial charge in [-0.25, -0.2) is 0 Å². The zero-order valence-corrected chi connectivity index (χ0v) is 13.7. The summed E-state index contributed by atoms with van der Waals surface area (Å²) in [4.78, 5) is 13.2. The van der Waals surface area contributed by atoms with E-state index in [1.165, 1.54) is 0 Å². The molecule has 1 heterocycles. The molecule has 2 aromatic rings. The minimum Gasteiger partial charge on any atom is -0.350 e. The molecule has 0 aliphatic heterocycles. The summed E-state index contributed by atoms with van der Waals surface area (Å²) in [7, 11) is 0. The van der Waals surface area contributed by atoms with E-state index in [4.69, 9.17) is 11.6 Å². The van der Waals surface area contributed by atoms with Crippen LogP contribution in [0, 0.1) is 0 Å². The fourth-order valence-electron chi connectivity index (χ4n) is 2.06. The summed E-state index contributed by atoms with van der Waals surface area (Å²) in [6.07, 6.45) is 0. The molecule has 1 aromatic heterocycles. The molecular formula is C16H19ClN2OS. The minimum atomic E-state index is -0.265. The lowest BCUT2D eigenvalue weighted by molar-refractivity contribution is -0.123. The van der Waals surface area contributed by atoms with Crippen molar-refractivity contribution in [3.8, 4) is 0 Å². The van der Waals surface area contributed by atoms with Crippen molar-refractivity contribution in [1.29, 1.82) is 0 Å². The molecule has 21 heavy (non-hydrogen) atoms. The minimum absolute atomic E-state index is 0.00252. The molecule has 2 atom stereocenters. The Morgan fingerprint density at radius 3 is 2.76 bits per heavy atom. The number of hydrogen-bond donors (Lipinski definition) is 2. The first-order valence-electron chi connectivity index (χ1n) is 6.88. The van der Waals surface area contributed by atoms with Gasteiger partial charge in [0.15, 0.2) is 0 Å². The van der Waals surface area contributed by atoms with Crippen LogP contribution in [0.1, 0.15) is 30.3 Å². The van der Waals surface area contributed by atoms with E-state index in [-0.39, 0.29) is 18.0 Å². The summed E-state index contributed by atoms with van der Waals surface area (Å²) in [6.45, 7) is 4.47. The summed E-state index contributed by atoms with van der Waals surface area (Å²) in [5.74, 6) is -0.00252. The van der Waals surface area contributed by atoms with Gasteiger partial charge in [-0.2, -0.15) is 0 Å². The molecule has 0 spiro atoms. The molecule has 0 fully saturated rings. The second kappa shape index (κ2) is 7.59. The fourth-order valence-corrected chi connectivity index (χ4v) is 2.91. The lowest BCUT2D eigenvalue weighted by atomic mass is 10.1. The molecule has 3 nitrogen and oxygen atoms in total. The van der Waals surface area contributed by atoms with Gasteiger partial charge in [0, 0.05) is 15.9 Å². The average molecular weight is 323 g/mol. The van der Waals surface area contributed by atoms with Crippen LogP contribution in [0.4, 0.5) is 0 Å². The Kier molecular flexibility index (Phi) is 5.79. The highest BCUT2D eigenvalue weighted by molar-refractivity contribution is 7.09. The van der Waals surface area contributed by atoms with Crippen molar-refractivity contribution in [1.82, 2.24) is 10.6 Å². The number of thiophene rings is 1. The third-order valence-electron chi connectivity index (χ3n) is 3.26. The van der Waals surface area contributed by atoms with Crippen molar-refractivity contribution >= 4 is 28.8 Å². The Bertz CT molecular complexity index is 586. The first-order valence-corrected chi connectivity index (χ1v) is 8.13. The predicted molar refractivity (Wildman–Crippen MR) is 88.6 cm³/mol. The largest absolute Gasteiger partial charge is 0.350 e. The van der Waals surface area contributed by atoms with Gasteiger partial charge < -0.3 is 5.32 Å². The van der Waals surface area contributed by atoms with E-state index in [1.807, 2.05) is 55.6 Å². The number of hydrogen-bond acceptors (Lipinski definition) is 3. The van der Waals surface area contributed by atoms with E-state index in [0.29, 0.717) is 11.6 Å². The van der Waals surface area contributed by atoms with Gasteiger partial charge in [0.25, 0.3) is 0 Å². The SMILES string of the molecule is C[C@H](N[C@H](C)c1cccc(Cl)c1)C(=O)NCc1cccs1. The fraction of sp³-hybridized carbons (Fsp3) is 0.312. The van der Waals surface area contributed by atoms with E-state index in [1.54, 1.807) is 11.3 Å². The van der Waals surface area contributed by atoms with Crippen LogP contribution in [-0.2, 0) is 11.3 Å². The van der Waals surface area contributed by atoms with E-state index >= 15 is 0 Å². The molecule has 1 aromatic carbocycles. The molecule has 0 aliphatic rings. The summed E-state index contributed by atoms with van der Waals surface area (Å²) in [5, 5.41) is 8.93. The standard InChI is InChI=1S/C16H19ClN2OS/c1-11(13-5-3-6-14(17)9-13)19-12(2)16(20)18-10-15-7-4-8-21-15/h3-9,11-12,19H,10H2,1-2H3,(H,18,20)/t11-,12+/m1/s1. The molecular weight excluding hydrogens is 304 g/mol. The van der Waals surface area contributed by atoms with Crippen LogP contribution < -0.4 is 10.6 Å². The molecule has 2 rings (SSSR count). The van der Waals surface area contributed by atoms with Crippen molar-refractivity contribution < 1.29 is 4.79 Å². The zero-order valence-electron chi connectivity index (χ0n) is 12.1. The van der Waals surface area contributed by atoms with Gasteiger partial charge in [0.05, 0.1) is 12.6 Å². The summed E-state index contributed by atoms with van der Waals surface area (Å²) in [5.41, 5.74) is 1.07. The summed E-state index contributed by atoms with van der Waals surface area (Å²) < 4.78 is 0. The molecule has 0 saturated carbocycles. The van der Waals surface area contributed by atoms with E-state index in [9.17, 15) is 4.79 Å². The third-order valence-corrected chi connectivity index (χ3v) is 4.37. The maximum absolute atomic E-state index is 12.1. The van der Waals surface area contributed by atoms with Gasteiger partial charge in [-0.15, -0.1) is 11.3 Å². The number of carbonyl (C=O) groups excluding carboxylic acids is 1. The highest BCUT2D eigenvalue weighted by atomic mass is 35.5. The van der Waals surface area contributed by atoms with Crippen LogP contribution in [-0.4, -0.2) is 11.9 Å². The third kappa shape index (κ3) is 4.84. The Hall–Kier alpha value is -1.36. The van der Waals surface area contributed by atoms with Gasteiger partial charge in [-0.1, -0.05) is 29.8 Å². The highest BCUT2D eigenvalue weighted by Crippen LogP contribution is 2.17. The van der Waals surface area contributed by atoms with Crippen LogP contribution in [0.25, 0.3) is 0 Å². The van der Waals surface area contributed by atoms with Crippen LogP contribution in [0.5, 0.6) is 0 Å². The first kappa shape index (κ1) is 16.0. The summed E-state index contributed by atoms with van der Waals surface area (Å²) in [6, 6.07) is 11.5. The molecule has 5 heteroatoms. The Labute approximate surface area is 134 Å². The van der Waals surface area contributed by atoms with Gasteiger partial charge >= 0.3 is 0 Å². The molecule has 0 saturated heterocycles. The highest BCUT2D eigenvalue weighted by Gasteiger charge is 2.16. The second-order valence-electron chi connectivity index (χ2n) is 4.96. The van der Waals surface area contributed by atoms with Crippen molar-refractivity contribution in [2.45, 2.75) is 32.5 Å². The maximum atomic E-state index is 12.1. The molecule has 1 amide bonds. The lowest BCUT2D eigenvalue weighted by Crippen LogP contribution is -2.42. The molecule has 0 bridgehead atoms. The summed E-state index contributed by atoms with van der Waals surface area (Å²) >= 11 is 7.63. The van der Waals surface area contributed by atoms with Crippen LogP contribution >= 0.6 is 22.9 Å².